The van der Waals surface area contributed by atoms with E-state index < -0.39 is 0 Å². The van der Waals surface area contributed by atoms with Crippen molar-refractivity contribution < 1.29 is 0 Å². The molecule has 94 valence electrons. The largest absolute Gasteiger partial charge is 0.397 e. The van der Waals surface area contributed by atoms with E-state index in [9.17, 15) is 0 Å². The summed E-state index contributed by atoms with van der Waals surface area (Å²) in [5, 5.41) is 4.04. The second-order valence-corrected chi connectivity index (χ2v) is 4.95. The molecule has 0 aliphatic heterocycles. The zero-order valence-corrected chi connectivity index (χ0v) is 11.0. The highest BCUT2D eigenvalue weighted by Crippen LogP contribution is 2.26. The summed E-state index contributed by atoms with van der Waals surface area (Å²) in [6.07, 6.45) is 2.72. The number of nitrogens with zero attached hydrogens (tertiary/aromatic N) is 1. The highest BCUT2D eigenvalue weighted by molar-refractivity contribution is 6.31. The lowest BCUT2D eigenvalue weighted by molar-refractivity contribution is 0.289. The second kappa shape index (κ2) is 5.61. The molecule has 0 radical (unpaired) electrons. The molecule has 3 nitrogen and oxygen atoms in total. The van der Waals surface area contributed by atoms with Gasteiger partial charge in [-0.25, -0.2) is 0 Å². The molecule has 0 spiro atoms. The van der Waals surface area contributed by atoms with E-state index in [-0.39, 0.29) is 0 Å². The van der Waals surface area contributed by atoms with Crippen molar-refractivity contribution in [2.24, 2.45) is 0 Å². The van der Waals surface area contributed by atoms with Crippen LogP contribution in [-0.4, -0.2) is 30.6 Å². The Kier molecular flexibility index (Phi) is 4.13. The third-order valence-corrected chi connectivity index (χ3v) is 3.43. The topological polar surface area (TPSA) is 41.3 Å². The molecule has 1 aromatic rings. The van der Waals surface area contributed by atoms with Gasteiger partial charge in [0, 0.05) is 24.2 Å². The van der Waals surface area contributed by atoms with Crippen LogP contribution in [0.15, 0.2) is 18.2 Å². The monoisotopic (exact) mass is 253 g/mol. The highest BCUT2D eigenvalue weighted by Gasteiger charge is 2.27. The lowest BCUT2D eigenvalue weighted by atomic mass is 10.2. The number of rotatable bonds is 6. The number of benzene rings is 1. The van der Waals surface area contributed by atoms with Gasteiger partial charge in [0.15, 0.2) is 0 Å². The van der Waals surface area contributed by atoms with Crippen molar-refractivity contribution in [2.45, 2.75) is 25.8 Å². The molecule has 0 atom stereocenters. The van der Waals surface area contributed by atoms with Gasteiger partial charge in [0.05, 0.1) is 11.4 Å². The Bertz CT molecular complexity index is 377. The van der Waals surface area contributed by atoms with Crippen LogP contribution in [0.1, 0.15) is 19.8 Å². The Hall–Kier alpha value is -0.930. The minimum atomic E-state index is 0.682. The quantitative estimate of drug-likeness (QED) is 0.766. The zero-order valence-electron chi connectivity index (χ0n) is 10.2. The van der Waals surface area contributed by atoms with Crippen LogP contribution in [0.2, 0.25) is 5.02 Å². The van der Waals surface area contributed by atoms with Gasteiger partial charge < -0.3 is 11.1 Å². The van der Waals surface area contributed by atoms with E-state index in [4.69, 9.17) is 17.3 Å². The molecule has 1 aliphatic carbocycles. The molecular formula is C13H20ClN3. The molecular weight excluding hydrogens is 234 g/mol. The molecule has 0 heterocycles. The first kappa shape index (κ1) is 12.5. The summed E-state index contributed by atoms with van der Waals surface area (Å²) < 4.78 is 0. The predicted molar refractivity (Wildman–Crippen MR) is 74.6 cm³/mol. The second-order valence-electron chi connectivity index (χ2n) is 4.52. The van der Waals surface area contributed by atoms with Gasteiger partial charge in [-0.1, -0.05) is 18.5 Å². The number of hydrogen-bond acceptors (Lipinski definition) is 3. The Labute approximate surface area is 108 Å². The van der Waals surface area contributed by atoms with E-state index in [0.717, 1.165) is 31.4 Å². The van der Waals surface area contributed by atoms with Crippen molar-refractivity contribution in [3.8, 4) is 0 Å². The molecule has 1 aromatic carbocycles. The number of nitrogen functional groups attached to an aromatic ring is 1. The first-order chi connectivity index (χ1) is 8.20. The fraction of sp³-hybridized carbons (Fsp3) is 0.538. The van der Waals surface area contributed by atoms with Crippen LogP contribution in [0, 0.1) is 0 Å². The molecule has 2 rings (SSSR count). The fourth-order valence-corrected chi connectivity index (χ4v) is 2.25. The smallest absolute Gasteiger partial charge is 0.0575 e. The standard InChI is InChI=1S/C13H20ClN3/c1-2-17(11-4-5-11)8-7-16-13-6-3-10(14)9-12(13)15/h3,6,9,11,16H,2,4-5,7-8,15H2,1H3. The van der Waals surface area contributed by atoms with Crippen molar-refractivity contribution in [2.75, 3.05) is 30.7 Å². The van der Waals surface area contributed by atoms with Crippen LogP contribution in [-0.2, 0) is 0 Å². The summed E-state index contributed by atoms with van der Waals surface area (Å²) in [6.45, 7) is 5.34. The third-order valence-electron chi connectivity index (χ3n) is 3.20. The number of likely N-dealkylation sites (N-methyl/N-ethyl adjacent to an activating group) is 1. The maximum Gasteiger partial charge on any atom is 0.0575 e. The molecule has 4 heteroatoms. The number of hydrogen-bond donors (Lipinski definition) is 2. The number of halogens is 1. The summed E-state index contributed by atoms with van der Waals surface area (Å²) in [5.74, 6) is 0. The first-order valence-electron chi connectivity index (χ1n) is 6.23. The fourth-order valence-electron chi connectivity index (χ4n) is 2.07. The maximum atomic E-state index is 5.88. The lowest BCUT2D eigenvalue weighted by Gasteiger charge is -2.20. The molecule has 0 amide bonds. The Morgan fingerprint density at radius 2 is 2.24 bits per heavy atom. The summed E-state index contributed by atoms with van der Waals surface area (Å²) in [4.78, 5) is 2.51. The number of nitrogens with two attached hydrogens (primary N) is 1. The Morgan fingerprint density at radius 3 is 2.82 bits per heavy atom. The minimum Gasteiger partial charge on any atom is -0.397 e. The maximum absolute atomic E-state index is 5.88. The van der Waals surface area contributed by atoms with Crippen molar-refractivity contribution >= 4 is 23.0 Å². The van der Waals surface area contributed by atoms with Gasteiger partial charge in [-0.05, 0) is 37.6 Å². The zero-order chi connectivity index (χ0) is 12.3. The van der Waals surface area contributed by atoms with E-state index in [2.05, 4.69) is 17.1 Å². The Balaban J connectivity index is 1.80. The van der Waals surface area contributed by atoms with Crippen LogP contribution in [0.4, 0.5) is 11.4 Å². The van der Waals surface area contributed by atoms with Gasteiger partial charge in [0.25, 0.3) is 0 Å². The van der Waals surface area contributed by atoms with Crippen LogP contribution in [0.25, 0.3) is 0 Å². The Morgan fingerprint density at radius 1 is 1.47 bits per heavy atom. The number of anilines is 2. The SMILES string of the molecule is CCN(CCNc1ccc(Cl)cc1N)C1CC1. The van der Waals surface area contributed by atoms with Crippen molar-refractivity contribution in [3.63, 3.8) is 0 Å². The van der Waals surface area contributed by atoms with Crippen LogP contribution < -0.4 is 11.1 Å². The molecule has 1 fully saturated rings. The van der Waals surface area contributed by atoms with Crippen molar-refractivity contribution in [1.82, 2.24) is 4.90 Å². The van der Waals surface area contributed by atoms with Crippen LogP contribution in [0.3, 0.4) is 0 Å². The van der Waals surface area contributed by atoms with Gasteiger partial charge in [-0.15, -0.1) is 0 Å². The highest BCUT2D eigenvalue weighted by atomic mass is 35.5. The molecule has 0 aromatic heterocycles. The molecule has 0 bridgehead atoms. The third kappa shape index (κ3) is 3.51. The van der Waals surface area contributed by atoms with E-state index in [1.807, 2.05) is 12.1 Å². The molecule has 3 N–H and O–H groups in total. The molecule has 1 aliphatic rings. The van der Waals surface area contributed by atoms with Gasteiger partial charge in [0.2, 0.25) is 0 Å². The minimum absolute atomic E-state index is 0.682. The van der Waals surface area contributed by atoms with Crippen molar-refractivity contribution in [1.29, 1.82) is 0 Å². The van der Waals surface area contributed by atoms with Gasteiger partial charge in [0.1, 0.15) is 0 Å². The van der Waals surface area contributed by atoms with E-state index in [1.54, 1.807) is 6.07 Å². The lowest BCUT2D eigenvalue weighted by Crippen LogP contribution is -2.30. The summed E-state index contributed by atoms with van der Waals surface area (Å²) >= 11 is 5.86. The average molecular weight is 254 g/mol. The molecule has 0 saturated heterocycles. The van der Waals surface area contributed by atoms with Crippen molar-refractivity contribution in [3.05, 3.63) is 23.2 Å². The van der Waals surface area contributed by atoms with Gasteiger partial charge >= 0.3 is 0 Å². The molecule has 17 heavy (non-hydrogen) atoms. The van der Waals surface area contributed by atoms with Crippen LogP contribution in [0.5, 0.6) is 0 Å². The predicted octanol–water partition coefficient (Wildman–Crippen LogP) is 2.82. The van der Waals surface area contributed by atoms with Crippen LogP contribution >= 0.6 is 11.6 Å². The van der Waals surface area contributed by atoms with E-state index >= 15 is 0 Å². The first-order valence-corrected chi connectivity index (χ1v) is 6.61. The average Bonchev–Trinajstić information content (AvgIpc) is 3.11. The molecule has 1 saturated carbocycles. The molecule has 0 unspecified atom stereocenters. The van der Waals surface area contributed by atoms with Gasteiger partial charge in [-0.3, -0.25) is 4.90 Å². The summed E-state index contributed by atoms with van der Waals surface area (Å²) in [7, 11) is 0. The summed E-state index contributed by atoms with van der Waals surface area (Å²) in [5.41, 5.74) is 7.57. The van der Waals surface area contributed by atoms with Gasteiger partial charge in [-0.2, -0.15) is 0 Å². The number of nitrogens with one attached hydrogen (secondary N) is 1. The normalized spacial score (nSPS) is 15.2. The van der Waals surface area contributed by atoms with E-state index in [0.29, 0.717) is 10.7 Å². The van der Waals surface area contributed by atoms with E-state index in [1.165, 1.54) is 12.8 Å². The summed E-state index contributed by atoms with van der Waals surface area (Å²) in [6, 6.07) is 6.40.